The van der Waals surface area contributed by atoms with Gasteiger partial charge in [-0.05, 0) is 12.8 Å². The lowest BCUT2D eigenvalue weighted by Gasteiger charge is -2.22. The Bertz CT molecular complexity index is 412. The topological polar surface area (TPSA) is 92.2 Å². The number of aliphatic carboxylic acids is 1. The highest BCUT2D eigenvalue weighted by atomic mass is 32.1. The zero-order chi connectivity index (χ0) is 12.3. The van der Waals surface area contributed by atoms with Crippen LogP contribution in [0.5, 0.6) is 0 Å². The maximum Gasteiger partial charge on any atom is 0.310 e. The van der Waals surface area contributed by atoms with Crippen LogP contribution >= 0.6 is 11.5 Å². The molecule has 0 radical (unpaired) electrons. The summed E-state index contributed by atoms with van der Waals surface area (Å²) < 4.78 is 3.62. The Morgan fingerprint density at radius 3 is 2.71 bits per heavy atom. The molecule has 1 aromatic heterocycles. The summed E-state index contributed by atoms with van der Waals surface area (Å²) in [5, 5.41) is 16.0. The van der Waals surface area contributed by atoms with Gasteiger partial charge in [-0.25, -0.2) is 0 Å². The number of hydrogen-bond acceptors (Lipinski definition) is 5. The minimum Gasteiger partial charge on any atom is -0.481 e. The molecule has 92 valence electrons. The molecule has 17 heavy (non-hydrogen) atoms. The molecule has 1 fully saturated rings. The summed E-state index contributed by atoms with van der Waals surface area (Å²) in [7, 11) is 0. The van der Waals surface area contributed by atoms with Gasteiger partial charge in [-0.1, -0.05) is 17.3 Å². The first-order valence-electron chi connectivity index (χ1n) is 5.43. The van der Waals surface area contributed by atoms with E-state index in [-0.39, 0.29) is 12.3 Å². The predicted molar refractivity (Wildman–Crippen MR) is 61.7 cm³/mol. The van der Waals surface area contributed by atoms with Gasteiger partial charge in [0, 0.05) is 18.0 Å². The van der Waals surface area contributed by atoms with E-state index in [1.54, 1.807) is 0 Å². The third-order valence-electron chi connectivity index (χ3n) is 3.14. The van der Waals surface area contributed by atoms with Crippen LogP contribution in [0.1, 0.15) is 32.1 Å². The second-order valence-electron chi connectivity index (χ2n) is 4.30. The molecule has 1 amide bonds. The summed E-state index contributed by atoms with van der Waals surface area (Å²) in [5.41, 5.74) is -0.873. The molecule has 2 rings (SSSR count). The van der Waals surface area contributed by atoms with Crippen LogP contribution in [0, 0.1) is 5.41 Å². The summed E-state index contributed by atoms with van der Waals surface area (Å²) in [6, 6.07) is 0. The van der Waals surface area contributed by atoms with Crippen molar-refractivity contribution in [2.24, 2.45) is 5.41 Å². The summed E-state index contributed by atoms with van der Waals surface area (Å²) in [6.45, 7) is 0. The lowest BCUT2D eigenvalue weighted by atomic mass is 9.82. The van der Waals surface area contributed by atoms with E-state index in [1.807, 2.05) is 0 Å². The van der Waals surface area contributed by atoms with Gasteiger partial charge in [-0.2, -0.15) is 0 Å². The Hall–Kier alpha value is -1.50. The SMILES string of the molecule is O=C(CC1(C(=O)O)CCCC1)Nc1cnns1. The number of nitrogens with zero attached hydrogens (tertiary/aromatic N) is 2. The first-order valence-corrected chi connectivity index (χ1v) is 6.20. The smallest absolute Gasteiger partial charge is 0.310 e. The number of aromatic nitrogens is 2. The third-order valence-corrected chi connectivity index (χ3v) is 3.72. The molecule has 1 heterocycles. The average molecular weight is 255 g/mol. The maximum absolute atomic E-state index is 11.8. The van der Waals surface area contributed by atoms with Crippen LogP contribution in [0.2, 0.25) is 0 Å². The van der Waals surface area contributed by atoms with Crippen molar-refractivity contribution in [3.05, 3.63) is 6.20 Å². The van der Waals surface area contributed by atoms with Crippen molar-refractivity contribution in [3.63, 3.8) is 0 Å². The van der Waals surface area contributed by atoms with Gasteiger partial charge in [-0.15, -0.1) is 5.10 Å². The minimum absolute atomic E-state index is 0.0280. The van der Waals surface area contributed by atoms with Gasteiger partial charge in [0.15, 0.2) is 0 Å². The zero-order valence-corrected chi connectivity index (χ0v) is 10.00. The van der Waals surface area contributed by atoms with Crippen LogP contribution in [-0.2, 0) is 9.59 Å². The third kappa shape index (κ3) is 2.60. The fourth-order valence-corrected chi connectivity index (χ4v) is 2.67. The molecule has 2 N–H and O–H groups in total. The molecule has 0 aromatic carbocycles. The normalized spacial score (nSPS) is 17.9. The van der Waals surface area contributed by atoms with Crippen LogP contribution in [-0.4, -0.2) is 26.6 Å². The maximum atomic E-state index is 11.8. The summed E-state index contributed by atoms with van der Waals surface area (Å²) in [5.74, 6) is -1.15. The first-order chi connectivity index (χ1) is 8.12. The van der Waals surface area contributed by atoms with E-state index in [9.17, 15) is 14.7 Å². The van der Waals surface area contributed by atoms with Crippen molar-refractivity contribution in [1.82, 2.24) is 9.59 Å². The summed E-state index contributed by atoms with van der Waals surface area (Å²) in [4.78, 5) is 23.0. The molecule has 0 bridgehead atoms. The van der Waals surface area contributed by atoms with E-state index in [0.29, 0.717) is 17.8 Å². The second-order valence-corrected chi connectivity index (χ2v) is 5.08. The molecule has 1 saturated carbocycles. The molecule has 7 heteroatoms. The molecule has 1 aliphatic carbocycles. The highest BCUT2D eigenvalue weighted by molar-refractivity contribution is 7.10. The largest absolute Gasteiger partial charge is 0.481 e. The number of carbonyl (C=O) groups excluding carboxylic acids is 1. The van der Waals surface area contributed by atoms with Gasteiger partial charge in [-0.3, -0.25) is 9.59 Å². The van der Waals surface area contributed by atoms with Gasteiger partial charge in [0.1, 0.15) is 5.00 Å². The molecule has 0 spiro atoms. The van der Waals surface area contributed by atoms with E-state index in [2.05, 4.69) is 14.9 Å². The van der Waals surface area contributed by atoms with Crippen LogP contribution < -0.4 is 5.32 Å². The molecule has 0 aliphatic heterocycles. The number of rotatable bonds is 4. The molecule has 0 unspecified atom stereocenters. The average Bonchev–Trinajstić information content (AvgIpc) is 2.89. The van der Waals surface area contributed by atoms with Crippen molar-refractivity contribution in [3.8, 4) is 0 Å². The van der Waals surface area contributed by atoms with E-state index in [4.69, 9.17) is 0 Å². The molecule has 0 atom stereocenters. The molecule has 0 saturated heterocycles. The number of amides is 1. The highest BCUT2D eigenvalue weighted by Gasteiger charge is 2.42. The fourth-order valence-electron chi connectivity index (χ4n) is 2.23. The van der Waals surface area contributed by atoms with Gasteiger partial charge in [0.2, 0.25) is 5.91 Å². The highest BCUT2D eigenvalue weighted by Crippen LogP contribution is 2.41. The number of carboxylic acid groups (broad SMARTS) is 1. The van der Waals surface area contributed by atoms with Crippen molar-refractivity contribution in [2.75, 3.05) is 5.32 Å². The van der Waals surface area contributed by atoms with Crippen LogP contribution in [0.15, 0.2) is 6.20 Å². The number of hydrogen-bond donors (Lipinski definition) is 2. The standard InChI is InChI=1S/C10H13N3O3S/c14-7(12-8-6-11-13-17-8)5-10(9(15)16)3-1-2-4-10/h6H,1-5H2,(H,12,14)(H,15,16). The van der Waals surface area contributed by atoms with Crippen LogP contribution in [0.4, 0.5) is 5.00 Å². The Balaban J connectivity index is 1.99. The Kier molecular flexibility index (Phi) is 3.37. The lowest BCUT2D eigenvalue weighted by molar-refractivity contribution is -0.150. The summed E-state index contributed by atoms with van der Waals surface area (Å²) in [6.07, 6.45) is 4.39. The Morgan fingerprint density at radius 2 is 2.18 bits per heavy atom. The molecule has 1 aromatic rings. The summed E-state index contributed by atoms with van der Waals surface area (Å²) >= 11 is 1.08. The van der Waals surface area contributed by atoms with Gasteiger partial charge in [0.25, 0.3) is 0 Å². The number of carboxylic acids is 1. The zero-order valence-electron chi connectivity index (χ0n) is 9.18. The van der Waals surface area contributed by atoms with Gasteiger partial charge >= 0.3 is 5.97 Å². The quantitative estimate of drug-likeness (QED) is 0.850. The molecule has 6 nitrogen and oxygen atoms in total. The second kappa shape index (κ2) is 4.79. The van der Waals surface area contributed by atoms with Gasteiger partial charge in [0.05, 0.1) is 11.6 Å². The fraction of sp³-hybridized carbons (Fsp3) is 0.600. The monoisotopic (exact) mass is 255 g/mol. The van der Waals surface area contributed by atoms with E-state index in [1.165, 1.54) is 6.20 Å². The number of nitrogens with one attached hydrogen (secondary N) is 1. The molecular weight excluding hydrogens is 242 g/mol. The van der Waals surface area contributed by atoms with Crippen LogP contribution in [0.25, 0.3) is 0 Å². The predicted octanol–water partition coefficient (Wildman–Crippen LogP) is 1.51. The number of anilines is 1. The first kappa shape index (κ1) is 12.0. The van der Waals surface area contributed by atoms with Crippen molar-refractivity contribution >= 4 is 28.4 Å². The van der Waals surface area contributed by atoms with Gasteiger partial charge < -0.3 is 10.4 Å². The van der Waals surface area contributed by atoms with Crippen LogP contribution in [0.3, 0.4) is 0 Å². The van der Waals surface area contributed by atoms with E-state index < -0.39 is 11.4 Å². The van der Waals surface area contributed by atoms with E-state index >= 15 is 0 Å². The molecule has 1 aliphatic rings. The van der Waals surface area contributed by atoms with Crippen molar-refractivity contribution in [1.29, 1.82) is 0 Å². The van der Waals surface area contributed by atoms with Crippen molar-refractivity contribution < 1.29 is 14.7 Å². The van der Waals surface area contributed by atoms with Crippen molar-refractivity contribution in [2.45, 2.75) is 32.1 Å². The Morgan fingerprint density at radius 1 is 1.47 bits per heavy atom. The lowest BCUT2D eigenvalue weighted by Crippen LogP contribution is -2.32. The Labute approximate surface area is 102 Å². The minimum atomic E-state index is -0.873. The van der Waals surface area contributed by atoms with E-state index in [0.717, 1.165) is 24.4 Å². The number of carbonyl (C=O) groups is 2. The molecular formula is C10H13N3O3S.